The Bertz CT molecular complexity index is 984. The summed E-state index contributed by atoms with van der Waals surface area (Å²) in [7, 11) is 0. The minimum atomic E-state index is -4.41. The average molecular weight is 398 g/mol. The summed E-state index contributed by atoms with van der Waals surface area (Å²) in [5.74, 6) is -1.15. The highest BCUT2D eigenvalue weighted by Gasteiger charge is 2.30. The Morgan fingerprint density at radius 2 is 1.93 bits per heavy atom. The van der Waals surface area contributed by atoms with Gasteiger partial charge in [0.2, 0.25) is 0 Å². The van der Waals surface area contributed by atoms with E-state index in [2.05, 4.69) is 10.1 Å². The number of fused-ring (bicyclic) bond motifs is 1. The molecular weight excluding hydrogens is 383 g/mol. The molecule has 0 aliphatic rings. The van der Waals surface area contributed by atoms with Gasteiger partial charge in [-0.2, -0.15) is 18.3 Å². The van der Waals surface area contributed by atoms with Gasteiger partial charge in [0.1, 0.15) is 0 Å². The average Bonchev–Trinajstić information content (AvgIpc) is 3.04. The summed E-state index contributed by atoms with van der Waals surface area (Å²) in [6.45, 7) is 3.56. The lowest BCUT2D eigenvalue weighted by molar-refractivity contribution is -0.144. The van der Waals surface area contributed by atoms with E-state index < -0.39 is 23.6 Å². The highest BCUT2D eigenvalue weighted by Crippen LogP contribution is 2.33. The number of benzene rings is 1. The number of halogens is 4. The highest BCUT2D eigenvalue weighted by molar-refractivity contribution is 6.31. The second-order valence-corrected chi connectivity index (χ2v) is 6.24. The molecule has 5 nitrogen and oxygen atoms in total. The second kappa shape index (κ2) is 7.19. The lowest BCUT2D eigenvalue weighted by Gasteiger charge is -2.14. The molecule has 0 saturated carbocycles. The molecule has 1 aromatic carbocycles. The number of esters is 1. The Balaban J connectivity index is 2.08. The van der Waals surface area contributed by atoms with Gasteiger partial charge in [0.05, 0.1) is 35.0 Å². The van der Waals surface area contributed by atoms with Crippen molar-refractivity contribution in [1.82, 2.24) is 14.6 Å². The Hall–Kier alpha value is -2.61. The van der Waals surface area contributed by atoms with Gasteiger partial charge < -0.3 is 4.74 Å². The zero-order chi connectivity index (χ0) is 19.8. The lowest BCUT2D eigenvalue weighted by atomic mass is 10.1. The lowest BCUT2D eigenvalue weighted by Crippen LogP contribution is -2.17. The first-order valence-corrected chi connectivity index (χ1v) is 8.48. The first-order valence-electron chi connectivity index (χ1n) is 8.10. The van der Waals surface area contributed by atoms with Crippen molar-refractivity contribution in [3.05, 3.63) is 52.9 Å². The van der Waals surface area contributed by atoms with E-state index in [0.29, 0.717) is 22.5 Å². The first kappa shape index (κ1) is 19.2. The van der Waals surface area contributed by atoms with Crippen LogP contribution in [0, 0.1) is 0 Å². The molecule has 0 amide bonds. The van der Waals surface area contributed by atoms with Crippen LogP contribution in [0.1, 0.15) is 31.0 Å². The topological polar surface area (TPSA) is 56.5 Å². The highest BCUT2D eigenvalue weighted by atomic mass is 35.5. The van der Waals surface area contributed by atoms with Gasteiger partial charge in [-0.3, -0.25) is 4.79 Å². The van der Waals surface area contributed by atoms with E-state index in [-0.39, 0.29) is 11.6 Å². The number of rotatable bonds is 4. The molecule has 0 aliphatic heterocycles. The van der Waals surface area contributed by atoms with Crippen LogP contribution in [0.15, 0.2) is 36.7 Å². The molecule has 3 rings (SSSR count). The molecule has 0 radical (unpaired) electrons. The van der Waals surface area contributed by atoms with Crippen molar-refractivity contribution in [3.8, 4) is 11.1 Å². The van der Waals surface area contributed by atoms with Crippen LogP contribution in [-0.4, -0.2) is 27.2 Å². The maximum Gasteiger partial charge on any atom is 0.416 e. The van der Waals surface area contributed by atoms with Gasteiger partial charge >= 0.3 is 12.1 Å². The number of hydrogen-bond donors (Lipinski definition) is 0. The third kappa shape index (κ3) is 3.62. The molecule has 0 saturated heterocycles. The maximum absolute atomic E-state index is 12.8. The molecule has 27 heavy (non-hydrogen) atoms. The van der Waals surface area contributed by atoms with Gasteiger partial charge in [0, 0.05) is 11.8 Å². The Morgan fingerprint density at radius 3 is 2.52 bits per heavy atom. The van der Waals surface area contributed by atoms with Gasteiger partial charge in [-0.1, -0.05) is 23.7 Å². The molecule has 9 heteroatoms. The molecule has 1 atom stereocenters. The van der Waals surface area contributed by atoms with E-state index in [0.717, 1.165) is 12.1 Å². The summed E-state index contributed by atoms with van der Waals surface area (Å²) >= 11 is 6.21. The van der Waals surface area contributed by atoms with Gasteiger partial charge in [0.15, 0.2) is 5.65 Å². The van der Waals surface area contributed by atoms with E-state index in [1.54, 1.807) is 13.8 Å². The van der Waals surface area contributed by atoms with E-state index in [9.17, 15) is 18.0 Å². The van der Waals surface area contributed by atoms with E-state index in [1.807, 2.05) is 0 Å². The van der Waals surface area contributed by atoms with Gasteiger partial charge in [-0.15, -0.1) is 0 Å². The van der Waals surface area contributed by atoms with Crippen molar-refractivity contribution in [2.45, 2.75) is 25.9 Å². The Morgan fingerprint density at radius 1 is 1.26 bits per heavy atom. The molecule has 0 fully saturated rings. The Labute approximate surface area is 157 Å². The zero-order valence-corrected chi connectivity index (χ0v) is 15.2. The largest absolute Gasteiger partial charge is 0.465 e. The van der Waals surface area contributed by atoms with Crippen LogP contribution in [0.3, 0.4) is 0 Å². The van der Waals surface area contributed by atoms with Crippen LogP contribution < -0.4 is 0 Å². The monoisotopic (exact) mass is 397 g/mol. The van der Waals surface area contributed by atoms with Crippen molar-refractivity contribution in [2.75, 3.05) is 6.61 Å². The normalized spacial score (nSPS) is 13.0. The van der Waals surface area contributed by atoms with Gasteiger partial charge in [0.25, 0.3) is 0 Å². The SMILES string of the molecule is CCOC(=O)C(C)c1c(Cl)cnc2c(-c3ccc(C(F)(F)F)cc3)cnn12. The zero-order valence-electron chi connectivity index (χ0n) is 14.4. The third-order valence-corrected chi connectivity index (χ3v) is 4.38. The number of hydrogen-bond acceptors (Lipinski definition) is 4. The maximum atomic E-state index is 12.8. The quantitative estimate of drug-likeness (QED) is 0.597. The molecule has 3 aromatic rings. The number of aromatic nitrogens is 3. The summed E-state index contributed by atoms with van der Waals surface area (Å²) in [5, 5.41) is 4.47. The summed E-state index contributed by atoms with van der Waals surface area (Å²) in [5.41, 5.74) is 1.08. The number of nitrogens with zero attached hydrogens (tertiary/aromatic N) is 3. The van der Waals surface area contributed by atoms with Crippen LogP contribution in [-0.2, 0) is 15.7 Å². The minimum absolute atomic E-state index is 0.227. The predicted molar refractivity (Wildman–Crippen MR) is 93.5 cm³/mol. The van der Waals surface area contributed by atoms with Crippen LogP contribution >= 0.6 is 11.6 Å². The van der Waals surface area contributed by atoms with E-state index in [1.165, 1.54) is 29.0 Å². The molecule has 0 aliphatic carbocycles. The van der Waals surface area contributed by atoms with E-state index in [4.69, 9.17) is 16.3 Å². The molecular formula is C18H15ClF3N3O2. The van der Waals surface area contributed by atoms with Crippen molar-refractivity contribution in [3.63, 3.8) is 0 Å². The summed E-state index contributed by atoms with van der Waals surface area (Å²) in [4.78, 5) is 16.3. The van der Waals surface area contributed by atoms with Crippen molar-refractivity contribution >= 4 is 23.2 Å². The van der Waals surface area contributed by atoms with Crippen molar-refractivity contribution in [1.29, 1.82) is 0 Å². The number of carbonyl (C=O) groups is 1. The summed E-state index contributed by atoms with van der Waals surface area (Å²) < 4.78 is 44.7. The van der Waals surface area contributed by atoms with Crippen LogP contribution in [0.2, 0.25) is 5.02 Å². The van der Waals surface area contributed by atoms with Gasteiger partial charge in [-0.05, 0) is 31.5 Å². The van der Waals surface area contributed by atoms with Gasteiger partial charge in [-0.25, -0.2) is 9.50 Å². The number of ether oxygens (including phenoxy) is 1. The standard InChI is InChI=1S/C18H15ClF3N3O2/c1-3-27-17(26)10(2)15-14(19)9-23-16-13(8-24-25(15)16)11-4-6-12(7-5-11)18(20,21)22/h4-10H,3H2,1-2H3. The smallest absolute Gasteiger partial charge is 0.416 e. The fraction of sp³-hybridized carbons (Fsp3) is 0.278. The predicted octanol–water partition coefficient (Wildman–Crippen LogP) is 4.74. The van der Waals surface area contributed by atoms with Crippen molar-refractivity contribution in [2.24, 2.45) is 0 Å². The molecule has 0 bridgehead atoms. The van der Waals surface area contributed by atoms with Crippen LogP contribution in [0.5, 0.6) is 0 Å². The van der Waals surface area contributed by atoms with E-state index >= 15 is 0 Å². The summed E-state index contributed by atoms with van der Waals surface area (Å²) in [6, 6.07) is 4.70. The van der Waals surface area contributed by atoms with Crippen LogP contribution in [0.4, 0.5) is 13.2 Å². The first-order chi connectivity index (χ1) is 12.7. The number of carbonyl (C=O) groups excluding carboxylic acids is 1. The molecule has 2 aromatic heterocycles. The third-order valence-electron chi connectivity index (χ3n) is 4.09. The number of alkyl halides is 3. The summed E-state index contributed by atoms with van der Waals surface area (Å²) in [6.07, 6.45) is -1.55. The fourth-order valence-corrected chi connectivity index (χ4v) is 3.03. The molecule has 2 heterocycles. The van der Waals surface area contributed by atoms with Crippen molar-refractivity contribution < 1.29 is 22.7 Å². The van der Waals surface area contributed by atoms with Crippen LogP contribution in [0.25, 0.3) is 16.8 Å². The molecule has 0 spiro atoms. The second-order valence-electron chi connectivity index (χ2n) is 5.83. The fourth-order valence-electron chi connectivity index (χ4n) is 2.74. The molecule has 142 valence electrons. The molecule has 1 unspecified atom stereocenters. The Kier molecular flexibility index (Phi) is 5.10. The minimum Gasteiger partial charge on any atom is -0.465 e. The molecule has 0 N–H and O–H groups in total.